The van der Waals surface area contributed by atoms with E-state index in [1.165, 1.54) is 24.8 Å². The van der Waals surface area contributed by atoms with E-state index in [2.05, 4.69) is 26.7 Å². The first-order valence-electron chi connectivity index (χ1n) is 10.6. The Morgan fingerprint density at radius 2 is 1.85 bits per heavy atom. The summed E-state index contributed by atoms with van der Waals surface area (Å²) in [7, 11) is 0. The molecule has 3 nitrogen and oxygen atoms in total. The van der Waals surface area contributed by atoms with Crippen molar-refractivity contribution in [2.24, 2.45) is 28.6 Å². The molecule has 148 valence electrons. The summed E-state index contributed by atoms with van der Waals surface area (Å²) in [5.41, 5.74) is 1.82. The summed E-state index contributed by atoms with van der Waals surface area (Å²) >= 11 is 0. The molecule has 0 amide bonds. The third-order valence-electron chi connectivity index (χ3n) is 8.44. The van der Waals surface area contributed by atoms with Crippen LogP contribution in [0.5, 0.6) is 0 Å². The number of terminal acetylenes is 1. The van der Waals surface area contributed by atoms with Crippen molar-refractivity contribution in [2.75, 3.05) is 0 Å². The van der Waals surface area contributed by atoms with Crippen LogP contribution in [0.1, 0.15) is 78.6 Å². The van der Waals surface area contributed by atoms with Gasteiger partial charge in [-0.3, -0.25) is 9.59 Å². The summed E-state index contributed by atoms with van der Waals surface area (Å²) < 4.78 is 5.86. The zero-order chi connectivity index (χ0) is 19.8. The standard InChI is InChI=1S/C22H32O3.C2H2/c1-4-20(24)25-19-8-7-17-16-6-5-14-13-15(23)9-11-21(14,2)18(16)10-12-22(17,19)3;1-2/h13,16-19H,4-12H2,1-3H3;1-2H. The first-order chi connectivity index (χ1) is 12.9. The minimum absolute atomic E-state index is 0.0411. The van der Waals surface area contributed by atoms with Crippen LogP contribution in [-0.2, 0) is 14.3 Å². The van der Waals surface area contributed by atoms with Gasteiger partial charge in [0.1, 0.15) is 6.10 Å². The number of carbonyl (C=O) groups is 2. The summed E-state index contributed by atoms with van der Waals surface area (Å²) in [6.07, 6.45) is 19.3. The fourth-order valence-corrected chi connectivity index (χ4v) is 6.95. The average Bonchev–Trinajstić information content (AvgIpc) is 3.00. The number of esters is 1. The van der Waals surface area contributed by atoms with Crippen molar-refractivity contribution in [3.05, 3.63) is 11.6 Å². The van der Waals surface area contributed by atoms with Crippen LogP contribution in [0.25, 0.3) is 0 Å². The SMILES string of the molecule is C#C.CCC(=O)OC1CCC2C3CCC4=CC(=O)CCC4(C)C3CCC12C. The van der Waals surface area contributed by atoms with Crippen molar-refractivity contribution >= 4 is 11.8 Å². The minimum Gasteiger partial charge on any atom is -0.462 e. The zero-order valence-electron chi connectivity index (χ0n) is 17.1. The first kappa shape index (κ1) is 20.2. The molecule has 0 heterocycles. The van der Waals surface area contributed by atoms with E-state index in [4.69, 9.17) is 4.74 Å². The molecular weight excluding hydrogens is 336 g/mol. The first-order valence-corrected chi connectivity index (χ1v) is 10.6. The maximum Gasteiger partial charge on any atom is 0.305 e. The van der Waals surface area contributed by atoms with Gasteiger partial charge >= 0.3 is 5.97 Å². The van der Waals surface area contributed by atoms with Gasteiger partial charge in [0.15, 0.2) is 5.78 Å². The number of ketones is 1. The van der Waals surface area contributed by atoms with Gasteiger partial charge in [-0.05, 0) is 74.2 Å². The van der Waals surface area contributed by atoms with E-state index in [1.807, 2.05) is 13.0 Å². The summed E-state index contributed by atoms with van der Waals surface area (Å²) in [5, 5.41) is 0. The Morgan fingerprint density at radius 1 is 1.11 bits per heavy atom. The van der Waals surface area contributed by atoms with Gasteiger partial charge < -0.3 is 4.74 Å². The number of ether oxygens (including phenoxy) is 1. The summed E-state index contributed by atoms with van der Waals surface area (Å²) in [6.45, 7) is 6.69. The molecule has 0 spiro atoms. The second-order valence-electron chi connectivity index (χ2n) is 9.42. The van der Waals surface area contributed by atoms with Crippen LogP contribution >= 0.6 is 0 Å². The van der Waals surface area contributed by atoms with Crippen LogP contribution < -0.4 is 0 Å². The number of carbonyl (C=O) groups excluding carboxylic acids is 2. The number of allylic oxidation sites excluding steroid dienone is 1. The van der Waals surface area contributed by atoms with E-state index in [9.17, 15) is 9.59 Å². The number of hydrogen-bond acceptors (Lipinski definition) is 3. The average molecular weight is 371 g/mol. The van der Waals surface area contributed by atoms with E-state index in [1.54, 1.807) is 0 Å². The maximum atomic E-state index is 11.9. The highest BCUT2D eigenvalue weighted by Gasteiger charge is 2.59. The van der Waals surface area contributed by atoms with Crippen molar-refractivity contribution in [1.29, 1.82) is 0 Å². The summed E-state index contributed by atoms with van der Waals surface area (Å²) in [6, 6.07) is 0. The van der Waals surface area contributed by atoms with Crippen LogP contribution in [0, 0.1) is 41.4 Å². The molecule has 6 atom stereocenters. The molecule has 0 radical (unpaired) electrons. The lowest BCUT2D eigenvalue weighted by Crippen LogP contribution is -2.51. The minimum atomic E-state index is -0.0411. The number of fused-ring (bicyclic) bond motifs is 5. The monoisotopic (exact) mass is 370 g/mol. The Balaban J connectivity index is 0.00000102. The molecule has 0 bridgehead atoms. The smallest absolute Gasteiger partial charge is 0.305 e. The Morgan fingerprint density at radius 3 is 2.56 bits per heavy atom. The lowest BCUT2D eigenvalue weighted by Gasteiger charge is -2.57. The van der Waals surface area contributed by atoms with Crippen LogP contribution in [-0.4, -0.2) is 17.9 Å². The third-order valence-corrected chi connectivity index (χ3v) is 8.44. The van der Waals surface area contributed by atoms with Crippen LogP contribution in [0.2, 0.25) is 0 Å². The molecule has 4 aliphatic rings. The summed E-state index contributed by atoms with van der Waals surface area (Å²) in [4.78, 5) is 23.8. The van der Waals surface area contributed by atoms with E-state index in [0.717, 1.165) is 38.0 Å². The maximum absolute atomic E-state index is 11.9. The Labute approximate surface area is 164 Å². The van der Waals surface area contributed by atoms with E-state index < -0.39 is 0 Å². The molecule has 0 aliphatic heterocycles. The fourth-order valence-electron chi connectivity index (χ4n) is 6.95. The molecule has 6 unspecified atom stereocenters. The predicted octanol–water partition coefficient (Wildman–Crippen LogP) is 5.09. The highest BCUT2D eigenvalue weighted by Crippen LogP contribution is 2.65. The van der Waals surface area contributed by atoms with Gasteiger partial charge in [0.05, 0.1) is 0 Å². The van der Waals surface area contributed by atoms with Crippen molar-refractivity contribution in [1.82, 2.24) is 0 Å². The second-order valence-corrected chi connectivity index (χ2v) is 9.42. The molecule has 0 aromatic carbocycles. The molecular formula is C24H34O3. The molecule has 0 aromatic rings. The number of rotatable bonds is 2. The zero-order valence-corrected chi connectivity index (χ0v) is 17.1. The van der Waals surface area contributed by atoms with Crippen molar-refractivity contribution < 1.29 is 14.3 Å². The topological polar surface area (TPSA) is 43.4 Å². The quantitative estimate of drug-likeness (QED) is 0.502. The summed E-state index contributed by atoms with van der Waals surface area (Å²) in [5.74, 6) is 2.41. The molecule has 0 N–H and O–H groups in total. The molecule has 3 fully saturated rings. The van der Waals surface area contributed by atoms with Crippen LogP contribution in [0.3, 0.4) is 0 Å². The highest BCUT2D eigenvalue weighted by molar-refractivity contribution is 5.91. The van der Waals surface area contributed by atoms with Gasteiger partial charge in [0.25, 0.3) is 0 Å². The van der Waals surface area contributed by atoms with Crippen molar-refractivity contribution in [2.45, 2.75) is 84.7 Å². The van der Waals surface area contributed by atoms with Gasteiger partial charge in [0.2, 0.25) is 0 Å². The molecule has 3 heteroatoms. The van der Waals surface area contributed by atoms with E-state index in [0.29, 0.717) is 24.0 Å². The fraction of sp³-hybridized carbons (Fsp3) is 0.750. The Kier molecular flexibility index (Phi) is 5.57. The van der Waals surface area contributed by atoms with Crippen LogP contribution in [0.4, 0.5) is 0 Å². The lowest BCUT2D eigenvalue weighted by molar-refractivity contribution is -0.159. The van der Waals surface area contributed by atoms with E-state index >= 15 is 0 Å². The predicted molar refractivity (Wildman–Crippen MR) is 107 cm³/mol. The van der Waals surface area contributed by atoms with Gasteiger partial charge in [-0.25, -0.2) is 0 Å². The molecule has 4 aliphatic carbocycles. The molecule has 0 saturated heterocycles. The highest BCUT2D eigenvalue weighted by atomic mass is 16.5. The number of hydrogen-bond donors (Lipinski definition) is 0. The van der Waals surface area contributed by atoms with Gasteiger partial charge in [-0.2, -0.15) is 0 Å². The van der Waals surface area contributed by atoms with Crippen molar-refractivity contribution in [3.63, 3.8) is 0 Å². The Bertz CT molecular complexity index is 660. The molecule has 27 heavy (non-hydrogen) atoms. The Hall–Kier alpha value is -1.56. The van der Waals surface area contributed by atoms with Gasteiger partial charge in [-0.15, -0.1) is 12.8 Å². The molecule has 3 saturated carbocycles. The van der Waals surface area contributed by atoms with Gasteiger partial charge in [0, 0.05) is 18.3 Å². The largest absolute Gasteiger partial charge is 0.462 e. The third kappa shape index (κ3) is 3.16. The molecule has 0 aromatic heterocycles. The lowest BCUT2D eigenvalue weighted by atomic mass is 9.47. The normalized spacial score (nSPS) is 42.6. The van der Waals surface area contributed by atoms with Gasteiger partial charge in [-0.1, -0.05) is 26.3 Å². The van der Waals surface area contributed by atoms with E-state index in [-0.39, 0.29) is 22.9 Å². The van der Waals surface area contributed by atoms with Crippen molar-refractivity contribution in [3.8, 4) is 12.8 Å². The molecule has 4 rings (SSSR count). The van der Waals surface area contributed by atoms with Crippen LogP contribution in [0.15, 0.2) is 11.6 Å². The second kappa shape index (κ2) is 7.46.